The number of thiazole rings is 1. The molecule has 5 rings (SSSR count). The second kappa shape index (κ2) is 12.4. The number of aryl methyl sites for hydroxylation is 1. The van der Waals surface area contributed by atoms with E-state index in [1.54, 1.807) is 37.6 Å². The number of hydrogen-bond donors (Lipinski definition) is 1. The Kier molecular flexibility index (Phi) is 8.28. The summed E-state index contributed by atoms with van der Waals surface area (Å²) in [6.45, 7) is 2.93. The summed E-state index contributed by atoms with van der Waals surface area (Å²) in [5.41, 5.74) is 5.52. The number of ether oxygens (including phenoxy) is 2. The van der Waals surface area contributed by atoms with Crippen LogP contribution in [0.2, 0.25) is 0 Å². The molecular formula is C30H28N4O4S. The van der Waals surface area contributed by atoms with Gasteiger partial charge < -0.3 is 19.1 Å². The molecule has 0 saturated heterocycles. The van der Waals surface area contributed by atoms with Crippen LogP contribution in [0.1, 0.15) is 30.3 Å². The molecule has 1 N–H and O–H groups in total. The van der Waals surface area contributed by atoms with Gasteiger partial charge in [-0.15, -0.1) is 11.3 Å². The maximum absolute atomic E-state index is 12.0. The molecule has 3 aromatic heterocycles. The van der Waals surface area contributed by atoms with Crippen molar-refractivity contribution in [3.05, 3.63) is 102 Å². The number of benzene rings is 2. The minimum atomic E-state index is -0.218. The Morgan fingerprint density at radius 3 is 2.74 bits per heavy atom. The third-order valence-electron chi connectivity index (χ3n) is 6.01. The highest BCUT2D eigenvalue weighted by Gasteiger charge is 2.13. The van der Waals surface area contributed by atoms with Gasteiger partial charge in [-0.1, -0.05) is 30.3 Å². The maximum Gasteiger partial charge on any atom is 0.306 e. The van der Waals surface area contributed by atoms with Gasteiger partial charge in [0, 0.05) is 42.3 Å². The van der Waals surface area contributed by atoms with E-state index in [9.17, 15) is 9.90 Å². The van der Waals surface area contributed by atoms with Gasteiger partial charge >= 0.3 is 5.97 Å². The van der Waals surface area contributed by atoms with Crippen LogP contribution in [-0.4, -0.2) is 37.2 Å². The predicted octanol–water partition coefficient (Wildman–Crippen LogP) is 5.90. The summed E-state index contributed by atoms with van der Waals surface area (Å²) in [6, 6.07) is 17.4. The molecule has 39 heavy (non-hydrogen) atoms. The first kappa shape index (κ1) is 26.1. The molecule has 0 saturated carbocycles. The molecule has 0 aliphatic rings. The Bertz CT molecular complexity index is 1530. The Morgan fingerprint density at radius 2 is 1.95 bits per heavy atom. The highest BCUT2D eigenvalue weighted by molar-refractivity contribution is 7.13. The summed E-state index contributed by atoms with van der Waals surface area (Å²) < 4.78 is 13.2. The van der Waals surface area contributed by atoms with Crippen LogP contribution in [0.15, 0.2) is 84.8 Å². The molecule has 9 heteroatoms. The van der Waals surface area contributed by atoms with E-state index in [0.717, 1.165) is 33.1 Å². The number of carbonyl (C=O) groups excluding carboxylic acids is 1. The van der Waals surface area contributed by atoms with Gasteiger partial charge in [-0.05, 0) is 48.2 Å². The lowest BCUT2D eigenvalue weighted by atomic mass is 10.1. The molecule has 8 nitrogen and oxygen atoms in total. The predicted molar refractivity (Wildman–Crippen MR) is 150 cm³/mol. The van der Waals surface area contributed by atoms with Crippen LogP contribution in [0.4, 0.5) is 0 Å². The van der Waals surface area contributed by atoms with E-state index in [2.05, 4.69) is 43.9 Å². The normalized spacial score (nSPS) is 10.9. The van der Waals surface area contributed by atoms with Crippen molar-refractivity contribution < 1.29 is 19.4 Å². The van der Waals surface area contributed by atoms with Crippen LogP contribution in [0.5, 0.6) is 11.5 Å². The molecule has 198 valence electrons. The van der Waals surface area contributed by atoms with Crippen molar-refractivity contribution in [1.82, 2.24) is 19.5 Å². The van der Waals surface area contributed by atoms with E-state index in [1.807, 2.05) is 29.6 Å². The SMILES string of the molecule is CCOC(=O)CCc1cc(-c2ccccc2)cn1Cc1cc(O)cc(OCc2csc(-c3cnccn3)n2)c1. The van der Waals surface area contributed by atoms with Crippen LogP contribution in [0, 0.1) is 0 Å². The van der Waals surface area contributed by atoms with Gasteiger partial charge in [0.2, 0.25) is 0 Å². The molecule has 0 amide bonds. The van der Waals surface area contributed by atoms with E-state index in [4.69, 9.17) is 9.47 Å². The molecule has 0 aliphatic heterocycles. The van der Waals surface area contributed by atoms with Crippen molar-refractivity contribution in [3.8, 4) is 33.3 Å². The molecule has 0 fully saturated rings. The number of aromatic nitrogens is 4. The van der Waals surface area contributed by atoms with Gasteiger partial charge in [0.05, 0.1) is 24.9 Å². The Labute approximate surface area is 230 Å². The zero-order chi connectivity index (χ0) is 27.0. The summed E-state index contributed by atoms with van der Waals surface area (Å²) in [5.74, 6) is 0.441. The largest absolute Gasteiger partial charge is 0.508 e. The van der Waals surface area contributed by atoms with Gasteiger partial charge in [0.15, 0.2) is 0 Å². The standard InChI is InChI=1S/C30H28N4O4S/c1-2-37-29(36)9-8-25-14-23(22-6-4-3-5-7-22)18-34(25)17-21-12-26(35)15-27(13-21)38-19-24-20-39-30(33-24)28-16-31-10-11-32-28/h3-7,10-16,18,20,35H,2,8-9,17,19H2,1H3. The summed E-state index contributed by atoms with van der Waals surface area (Å²) in [5, 5.41) is 13.1. The number of esters is 1. The fraction of sp³-hybridized carbons (Fsp3) is 0.200. The Balaban J connectivity index is 1.32. The van der Waals surface area contributed by atoms with E-state index >= 15 is 0 Å². The number of phenolic OH excluding ortho intramolecular Hbond substituents is 1. The summed E-state index contributed by atoms with van der Waals surface area (Å²) >= 11 is 1.48. The van der Waals surface area contributed by atoms with Crippen LogP contribution >= 0.6 is 11.3 Å². The van der Waals surface area contributed by atoms with E-state index in [-0.39, 0.29) is 18.3 Å². The second-order valence-corrected chi connectivity index (χ2v) is 9.74. The number of carbonyl (C=O) groups is 1. The zero-order valence-corrected chi connectivity index (χ0v) is 22.3. The van der Waals surface area contributed by atoms with Crippen LogP contribution < -0.4 is 4.74 Å². The van der Waals surface area contributed by atoms with Crippen LogP contribution in [-0.2, 0) is 29.1 Å². The third kappa shape index (κ3) is 6.88. The van der Waals surface area contributed by atoms with Gasteiger partial charge in [0.25, 0.3) is 0 Å². The lowest BCUT2D eigenvalue weighted by molar-refractivity contribution is -0.143. The fourth-order valence-electron chi connectivity index (χ4n) is 4.24. The van der Waals surface area contributed by atoms with Gasteiger partial charge in [-0.2, -0.15) is 0 Å². The minimum Gasteiger partial charge on any atom is -0.508 e. The highest BCUT2D eigenvalue weighted by Crippen LogP contribution is 2.28. The van der Waals surface area contributed by atoms with Crippen molar-refractivity contribution in [1.29, 1.82) is 0 Å². The molecule has 2 aromatic carbocycles. The maximum atomic E-state index is 12.0. The third-order valence-corrected chi connectivity index (χ3v) is 6.92. The molecule has 3 heterocycles. The van der Waals surface area contributed by atoms with Crippen molar-refractivity contribution in [3.63, 3.8) is 0 Å². The van der Waals surface area contributed by atoms with Crippen molar-refractivity contribution in [2.45, 2.75) is 32.9 Å². The summed E-state index contributed by atoms with van der Waals surface area (Å²) in [4.78, 5) is 25.0. The molecular weight excluding hydrogens is 512 g/mol. The quantitative estimate of drug-likeness (QED) is 0.208. The van der Waals surface area contributed by atoms with E-state index < -0.39 is 0 Å². The molecule has 0 aliphatic carbocycles. The van der Waals surface area contributed by atoms with Crippen molar-refractivity contribution in [2.75, 3.05) is 6.61 Å². The van der Waals surface area contributed by atoms with Crippen LogP contribution in [0.25, 0.3) is 21.8 Å². The van der Waals surface area contributed by atoms with Crippen molar-refractivity contribution in [2.24, 2.45) is 0 Å². The molecule has 5 aromatic rings. The monoisotopic (exact) mass is 540 g/mol. The molecule has 0 atom stereocenters. The van der Waals surface area contributed by atoms with E-state index in [1.165, 1.54) is 11.3 Å². The molecule has 0 spiro atoms. The van der Waals surface area contributed by atoms with Crippen molar-refractivity contribution >= 4 is 17.3 Å². The topological polar surface area (TPSA) is 99.4 Å². The number of hydrogen-bond acceptors (Lipinski definition) is 8. The summed E-state index contributed by atoms with van der Waals surface area (Å²) in [6.07, 6.45) is 7.85. The average Bonchev–Trinajstić information content (AvgIpc) is 3.59. The highest BCUT2D eigenvalue weighted by atomic mass is 32.1. The fourth-order valence-corrected chi connectivity index (χ4v) is 5.00. The average molecular weight is 541 g/mol. The lowest BCUT2D eigenvalue weighted by Gasteiger charge is -2.12. The Hall–Kier alpha value is -4.50. The molecule has 0 radical (unpaired) electrons. The van der Waals surface area contributed by atoms with E-state index in [0.29, 0.717) is 37.4 Å². The van der Waals surface area contributed by atoms with Crippen LogP contribution in [0.3, 0.4) is 0 Å². The molecule has 0 bridgehead atoms. The number of nitrogens with zero attached hydrogens (tertiary/aromatic N) is 4. The zero-order valence-electron chi connectivity index (χ0n) is 21.5. The van der Waals surface area contributed by atoms with Gasteiger partial charge in [-0.25, -0.2) is 4.98 Å². The first-order valence-corrected chi connectivity index (χ1v) is 13.5. The summed E-state index contributed by atoms with van der Waals surface area (Å²) in [7, 11) is 0. The first-order chi connectivity index (χ1) is 19.1. The van der Waals surface area contributed by atoms with Gasteiger partial charge in [-0.3, -0.25) is 14.8 Å². The smallest absolute Gasteiger partial charge is 0.306 e. The number of phenols is 1. The molecule has 0 unspecified atom stereocenters. The van der Waals surface area contributed by atoms with Gasteiger partial charge in [0.1, 0.15) is 28.8 Å². The lowest BCUT2D eigenvalue weighted by Crippen LogP contribution is -2.09. The number of aromatic hydroxyl groups is 1. The Morgan fingerprint density at radius 1 is 1.08 bits per heavy atom. The number of rotatable bonds is 11. The first-order valence-electron chi connectivity index (χ1n) is 12.6. The second-order valence-electron chi connectivity index (χ2n) is 8.88. The minimum absolute atomic E-state index is 0.115.